The largest absolute Gasteiger partial charge is 0.361 e. The number of hydrogen-bond acceptors (Lipinski definition) is 6. The number of allylic oxidation sites excluding steroid dienone is 2. The minimum Gasteiger partial charge on any atom is -0.361 e. The predicted octanol–water partition coefficient (Wildman–Crippen LogP) is 5.34. The quantitative estimate of drug-likeness (QED) is 0.694. The minimum atomic E-state index is 0.173. The molecule has 1 unspecified atom stereocenters. The molecule has 152 valence electrons. The van der Waals surface area contributed by atoms with E-state index in [1.807, 2.05) is 19.0 Å². The standard InChI is InChI=1S/C23H29N5S/c1-15(16-9-7-6-8-10-16)13-24-17-11-23(2,3)12-18-20(17)29-22-19(27-18)21(28(4)5)25-14-26-22/h6-10,14-15,27H,11-13H2,1-5H3. The van der Waals surface area contributed by atoms with Crippen LogP contribution in [-0.2, 0) is 0 Å². The van der Waals surface area contributed by atoms with Gasteiger partial charge in [-0.25, -0.2) is 9.97 Å². The first-order valence-corrected chi connectivity index (χ1v) is 10.9. The van der Waals surface area contributed by atoms with E-state index in [9.17, 15) is 0 Å². The van der Waals surface area contributed by atoms with Crippen molar-refractivity contribution in [1.29, 1.82) is 0 Å². The zero-order valence-corrected chi connectivity index (χ0v) is 18.7. The Hall–Kier alpha value is -2.34. The number of hydrogen-bond donors (Lipinski definition) is 1. The maximum atomic E-state index is 5.11. The van der Waals surface area contributed by atoms with Crippen molar-refractivity contribution in [3.8, 4) is 0 Å². The van der Waals surface area contributed by atoms with E-state index < -0.39 is 0 Å². The Kier molecular flexibility index (Phi) is 5.38. The van der Waals surface area contributed by atoms with Gasteiger partial charge in [-0.2, -0.15) is 0 Å². The van der Waals surface area contributed by atoms with Crippen molar-refractivity contribution >= 4 is 29.0 Å². The molecule has 1 aromatic heterocycles. The molecule has 2 aromatic rings. The van der Waals surface area contributed by atoms with Crippen LogP contribution in [0.1, 0.15) is 45.1 Å². The molecule has 29 heavy (non-hydrogen) atoms. The van der Waals surface area contributed by atoms with Crippen LogP contribution in [0.2, 0.25) is 0 Å². The maximum Gasteiger partial charge on any atom is 0.156 e. The Labute approximate surface area is 177 Å². The number of aromatic nitrogens is 2. The molecule has 1 N–H and O–H groups in total. The first-order valence-electron chi connectivity index (χ1n) is 10.1. The highest BCUT2D eigenvalue weighted by Crippen LogP contribution is 2.49. The van der Waals surface area contributed by atoms with Crippen LogP contribution in [0.25, 0.3) is 0 Å². The summed E-state index contributed by atoms with van der Waals surface area (Å²) in [5.41, 5.74) is 4.97. The van der Waals surface area contributed by atoms with Crippen molar-refractivity contribution in [2.45, 2.75) is 44.6 Å². The van der Waals surface area contributed by atoms with Gasteiger partial charge in [-0.3, -0.25) is 4.99 Å². The summed E-state index contributed by atoms with van der Waals surface area (Å²) < 4.78 is 0. The summed E-state index contributed by atoms with van der Waals surface area (Å²) >= 11 is 1.74. The summed E-state index contributed by atoms with van der Waals surface area (Å²) in [7, 11) is 4.03. The lowest BCUT2D eigenvalue weighted by molar-refractivity contribution is 0.373. The number of nitrogens with zero attached hydrogens (tertiary/aromatic N) is 4. The maximum absolute atomic E-state index is 5.11. The fraction of sp³-hybridized carbons (Fsp3) is 0.435. The molecule has 0 bridgehead atoms. The highest BCUT2D eigenvalue weighted by Gasteiger charge is 2.36. The smallest absolute Gasteiger partial charge is 0.156 e. The van der Waals surface area contributed by atoms with E-state index in [1.54, 1.807) is 18.1 Å². The van der Waals surface area contributed by atoms with Gasteiger partial charge in [-0.1, -0.05) is 62.9 Å². The lowest BCUT2D eigenvalue weighted by Gasteiger charge is -2.37. The van der Waals surface area contributed by atoms with E-state index in [4.69, 9.17) is 4.99 Å². The number of anilines is 2. The molecule has 1 aliphatic heterocycles. The second-order valence-corrected chi connectivity index (χ2v) is 9.92. The van der Waals surface area contributed by atoms with Gasteiger partial charge in [-0.05, 0) is 23.8 Å². The van der Waals surface area contributed by atoms with Crippen LogP contribution in [0, 0.1) is 5.41 Å². The monoisotopic (exact) mass is 407 g/mol. The van der Waals surface area contributed by atoms with Crippen LogP contribution in [0.3, 0.4) is 0 Å². The van der Waals surface area contributed by atoms with E-state index in [-0.39, 0.29) is 5.41 Å². The first kappa shape index (κ1) is 20.0. The normalized spacial score (nSPS) is 20.0. The lowest BCUT2D eigenvalue weighted by Crippen LogP contribution is -2.30. The summed E-state index contributed by atoms with van der Waals surface area (Å²) in [6.07, 6.45) is 3.64. The number of benzene rings is 1. The number of aliphatic imine (C=N–C) groups is 1. The van der Waals surface area contributed by atoms with Crippen LogP contribution >= 0.6 is 11.8 Å². The molecular weight excluding hydrogens is 378 g/mol. The topological polar surface area (TPSA) is 53.4 Å². The van der Waals surface area contributed by atoms with Crippen molar-refractivity contribution < 1.29 is 0 Å². The summed E-state index contributed by atoms with van der Waals surface area (Å²) in [6.45, 7) is 7.69. The molecule has 0 saturated heterocycles. The molecule has 1 aliphatic carbocycles. The first-order chi connectivity index (χ1) is 13.8. The van der Waals surface area contributed by atoms with Gasteiger partial charge in [0.25, 0.3) is 0 Å². The van der Waals surface area contributed by atoms with E-state index in [0.717, 1.165) is 35.9 Å². The van der Waals surface area contributed by atoms with Crippen LogP contribution in [0.4, 0.5) is 11.5 Å². The van der Waals surface area contributed by atoms with Crippen molar-refractivity contribution in [1.82, 2.24) is 9.97 Å². The molecule has 1 aromatic carbocycles. The average molecular weight is 408 g/mol. The van der Waals surface area contributed by atoms with Gasteiger partial charge >= 0.3 is 0 Å². The van der Waals surface area contributed by atoms with Gasteiger partial charge < -0.3 is 10.2 Å². The van der Waals surface area contributed by atoms with E-state index in [0.29, 0.717) is 5.92 Å². The van der Waals surface area contributed by atoms with Gasteiger partial charge in [0, 0.05) is 32.3 Å². The van der Waals surface area contributed by atoms with Crippen LogP contribution in [0.15, 0.2) is 57.3 Å². The van der Waals surface area contributed by atoms with Crippen LogP contribution in [-0.4, -0.2) is 36.3 Å². The summed E-state index contributed by atoms with van der Waals surface area (Å²) in [4.78, 5) is 17.4. The predicted molar refractivity (Wildman–Crippen MR) is 123 cm³/mol. The molecule has 0 amide bonds. The van der Waals surface area contributed by atoms with Gasteiger partial charge in [0.15, 0.2) is 5.82 Å². The summed E-state index contributed by atoms with van der Waals surface area (Å²) in [5.74, 6) is 1.32. The van der Waals surface area contributed by atoms with Crippen molar-refractivity contribution in [3.05, 3.63) is 52.8 Å². The van der Waals surface area contributed by atoms with E-state index in [2.05, 4.69) is 66.4 Å². The van der Waals surface area contributed by atoms with Gasteiger partial charge in [0.2, 0.25) is 0 Å². The fourth-order valence-electron chi connectivity index (χ4n) is 3.95. The Morgan fingerprint density at radius 1 is 1.17 bits per heavy atom. The van der Waals surface area contributed by atoms with Crippen LogP contribution in [0.5, 0.6) is 0 Å². The molecule has 0 spiro atoms. The van der Waals surface area contributed by atoms with Gasteiger partial charge in [0.1, 0.15) is 17.0 Å². The zero-order valence-electron chi connectivity index (χ0n) is 17.9. The van der Waals surface area contributed by atoms with Crippen molar-refractivity contribution in [2.75, 3.05) is 30.9 Å². The molecule has 0 fully saturated rings. The SMILES string of the molecule is CC(CN=C1CC(C)(C)CC2=C1Sc1ncnc(N(C)C)c1N2)c1ccccc1. The number of thioether (sulfide) groups is 1. The van der Waals surface area contributed by atoms with Crippen molar-refractivity contribution in [2.24, 2.45) is 10.4 Å². The highest BCUT2D eigenvalue weighted by atomic mass is 32.2. The fourth-order valence-corrected chi connectivity index (χ4v) is 4.98. The zero-order chi connectivity index (χ0) is 20.6. The third-order valence-electron chi connectivity index (χ3n) is 5.45. The third kappa shape index (κ3) is 4.17. The summed E-state index contributed by atoms with van der Waals surface area (Å²) in [6, 6.07) is 10.6. The molecule has 0 radical (unpaired) electrons. The summed E-state index contributed by atoms with van der Waals surface area (Å²) in [5, 5.41) is 4.64. The molecule has 6 heteroatoms. The second-order valence-electron chi connectivity index (χ2n) is 8.92. The average Bonchev–Trinajstić information content (AvgIpc) is 2.69. The number of nitrogens with one attached hydrogen (secondary N) is 1. The Balaban J connectivity index is 1.65. The minimum absolute atomic E-state index is 0.173. The highest BCUT2D eigenvalue weighted by molar-refractivity contribution is 8.04. The number of fused-ring (bicyclic) bond motifs is 1. The third-order valence-corrected chi connectivity index (χ3v) is 6.64. The molecule has 1 atom stereocenters. The van der Waals surface area contributed by atoms with Gasteiger partial charge in [0.05, 0.1) is 10.6 Å². The molecular formula is C23H29N5S. The Bertz CT molecular complexity index is 962. The number of rotatable bonds is 4. The second kappa shape index (κ2) is 7.82. The van der Waals surface area contributed by atoms with Gasteiger partial charge in [-0.15, -0.1) is 0 Å². The Morgan fingerprint density at radius 2 is 1.93 bits per heavy atom. The molecule has 2 aliphatic rings. The Morgan fingerprint density at radius 3 is 2.66 bits per heavy atom. The van der Waals surface area contributed by atoms with E-state index in [1.165, 1.54) is 21.9 Å². The molecule has 0 saturated carbocycles. The lowest BCUT2D eigenvalue weighted by atomic mass is 9.78. The molecule has 4 rings (SSSR count). The van der Waals surface area contributed by atoms with Crippen LogP contribution < -0.4 is 10.2 Å². The van der Waals surface area contributed by atoms with E-state index >= 15 is 0 Å². The molecule has 2 heterocycles. The molecule has 5 nitrogen and oxygen atoms in total. The van der Waals surface area contributed by atoms with Crippen molar-refractivity contribution in [3.63, 3.8) is 0 Å².